The summed E-state index contributed by atoms with van der Waals surface area (Å²) in [6.45, 7) is 0.825. The smallest absolute Gasteiger partial charge is 0.407 e. The van der Waals surface area contributed by atoms with Gasteiger partial charge < -0.3 is 14.9 Å². The zero-order valence-electron chi connectivity index (χ0n) is 12.6. The maximum Gasteiger partial charge on any atom is 0.407 e. The van der Waals surface area contributed by atoms with Gasteiger partial charge in [-0.1, -0.05) is 23.2 Å². The van der Waals surface area contributed by atoms with Crippen molar-refractivity contribution in [3.63, 3.8) is 0 Å². The summed E-state index contributed by atoms with van der Waals surface area (Å²) in [5, 5.41) is 10.0. The monoisotopic (exact) mass is 368 g/mol. The first-order valence-electron chi connectivity index (χ1n) is 7.43. The van der Waals surface area contributed by atoms with E-state index >= 15 is 0 Å². The summed E-state index contributed by atoms with van der Waals surface area (Å²) >= 11 is 12.1. The van der Waals surface area contributed by atoms with Crippen LogP contribution in [0.2, 0.25) is 10.0 Å². The molecule has 3 rings (SSSR count). The van der Waals surface area contributed by atoms with Crippen LogP contribution >= 0.6 is 23.2 Å². The van der Waals surface area contributed by atoms with E-state index in [1.54, 1.807) is 24.3 Å². The molecule has 126 valence electrons. The number of nitrogens with zero attached hydrogens (tertiary/aromatic N) is 2. The van der Waals surface area contributed by atoms with Crippen LogP contribution in [0.25, 0.3) is 0 Å². The fraction of sp³-hybridized carbons (Fsp3) is 0.235. The molecule has 1 saturated heterocycles. The Bertz CT molecular complexity index is 755. The number of anilines is 2. The third-order valence-electron chi connectivity index (χ3n) is 4.09. The van der Waals surface area contributed by atoms with E-state index in [1.807, 2.05) is 11.0 Å². The van der Waals surface area contributed by atoms with Crippen LogP contribution in [0, 0.1) is 5.82 Å². The van der Waals surface area contributed by atoms with Crippen LogP contribution in [-0.4, -0.2) is 35.2 Å². The third-order valence-corrected chi connectivity index (χ3v) is 4.82. The van der Waals surface area contributed by atoms with Crippen LogP contribution in [0.15, 0.2) is 42.5 Å². The van der Waals surface area contributed by atoms with E-state index in [1.165, 1.54) is 17.0 Å². The van der Waals surface area contributed by atoms with Crippen molar-refractivity contribution in [2.24, 2.45) is 0 Å². The topological polar surface area (TPSA) is 43.8 Å². The standard InChI is InChI=1S/C17H15Cl2FN2O2/c18-15-6-5-13(9-16(15)19)22(12-3-1-11(20)2-4-12)14-7-8-21(10-14)17(23)24/h1-6,9,14H,7-8,10H2,(H,23,24). The molecular formula is C17H15Cl2FN2O2. The van der Waals surface area contributed by atoms with Crippen LogP contribution in [0.4, 0.5) is 20.6 Å². The summed E-state index contributed by atoms with van der Waals surface area (Å²) in [4.78, 5) is 14.6. The van der Waals surface area contributed by atoms with Crippen LogP contribution in [-0.2, 0) is 0 Å². The summed E-state index contributed by atoms with van der Waals surface area (Å²) in [6.07, 6.45) is -0.269. The van der Waals surface area contributed by atoms with Crippen molar-refractivity contribution in [1.29, 1.82) is 0 Å². The van der Waals surface area contributed by atoms with Crippen molar-refractivity contribution < 1.29 is 14.3 Å². The van der Waals surface area contributed by atoms with Gasteiger partial charge in [0, 0.05) is 24.5 Å². The Hall–Kier alpha value is -1.98. The Morgan fingerprint density at radius 1 is 1.12 bits per heavy atom. The van der Waals surface area contributed by atoms with E-state index in [2.05, 4.69) is 0 Å². The van der Waals surface area contributed by atoms with Crippen LogP contribution in [0.5, 0.6) is 0 Å². The second kappa shape index (κ2) is 6.87. The molecule has 2 aromatic carbocycles. The zero-order valence-corrected chi connectivity index (χ0v) is 14.1. The van der Waals surface area contributed by atoms with Gasteiger partial charge in [0.25, 0.3) is 0 Å². The Kier molecular flexibility index (Phi) is 4.83. The predicted octanol–water partition coefficient (Wildman–Crippen LogP) is 5.02. The second-order valence-electron chi connectivity index (χ2n) is 5.62. The summed E-state index contributed by atoms with van der Waals surface area (Å²) in [7, 11) is 0. The fourth-order valence-corrected chi connectivity index (χ4v) is 3.23. The van der Waals surface area contributed by atoms with E-state index in [0.29, 0.717) is 29.6 Å². The normalized spacial score (nSPS) is 17.1. The highest BCUT2D eigenvalue weighted by molar-refractivity contribution is 6.42. The number of hydrogen-bond donors (Lipinski definition) is 1. The van der Waals surface area contributed by atoms with Crippen LogP contribution < -0.4 is 4.90 Å². The molecule has 0 spiro atoms. The maximum atomic E-state index is 13.3. The number of halogens is 3. The van der Waals surface area contributed by atoms with Crippen molar-refractivity contribution >= 4 is 40.7 Å². The lowest BCUT2D eigenvalue weighted by molar-refractivity contribution is 0.155. The van der Waals surface area contributed by atoms with E-state index < -0.39 is 6.09 Å². The molecule has 1 fully saturated rings. The number of likely N-dealkylation sites (tertiary alicyclic amines) is 1. The Balaban J connectivity index is 1.99. The highest BCUT2D eigenvalue weighted by Crippen LogP contribution is 2.35. The fourth-order valence-electron chi connectivity index (χ4n) is 2.93. The van der Waals surface area contributed by atoms with Crippen molar-refractivity contribution in [1.82, 2.24) is 4.90 Å². The van der Waals surface area contributed by atoms with Gasteiger partial charge in [-0.05, 0) is 48.9 Å². The van der Waals surface area contributed by atoms with Gasteiger partial charge >= 0.3 is 6.09 Å². The lowest BCUT2D eigenvalue weighted by atomic mass is 10.1. The molecule has 0 saturated carbocycles. The van der Waals surface area contributed by atoms with Gasteiger partial charge in [0.15, 0.2) is 0 Å². The van der Waals surface area contributed by atoms with Gasteiger partial charge in [-0.25, -0.2) is 9.18 Å². The molecule has 1 atom stereocenters. The van der Waals surface area contributed by atoms with Gasteiger partial charge in [0.1, 0.15) is 5.82 Å². The Labute approximate surface area is 149 Å². The molecule has 7 heteroatoms. The summed E-state index contributed by atoms with van der Waals surface area (Å²) in [6, 6.07) is 11.3. The second-order valence-corrected chi connectivity index (χ2v) is 6.43. The van der Waals surface area contributed by atoms with Gasteiger partial charge in [-0.15, -0.1) is 0 Å². The van der Waals surface area contributed by atoms with Gasteiger partial charge in [-0.3, -0.25) is 0 Å². The molecule has 1 unspecified atom stereocenters. The highest BCUT2D eigenvalue weighted by Gasteiger charge is 2.31. The van der Waals surface area contributed by atoms with E-state index in [4.69, 9.17) is 23.2 Å². The summed E-state index contributed by atoms with van der Waals surface area (Å²) in [5.74, 6) is -0.327. The van der Waals surface area contributed by atoms with Gasteiger partial charge in [-0.2, -0.15) is 0 Å². The SMILES string of the molecule is O=C(O)N1CCC(N(c2ccc(F)cc2)c2ccc(Cl)c(Cl)c2)C1. The Morgan fingerprint density at radius 3 is 2.38 bits per heavy atom. The minimum atomic E-state index is -0.939. The number of amides is 1. The summed E-state index contributed by atoms with van der Waals surface area (Å²) < 4.78 is 13.3. The lowest BCUT2D eigenvalue weighted by Crippen LogP contribution is -2.35. The number of carbonyl (C=O) groups is 1. The first-order chi connectivity index (χ1) is 11.5. The number of hydrogen-bond acceptors (Lipinski definition) is 2. The molecule has 1 heterocycles. The molecule has 0 radical (unpaired) electrons. The number of rotatable bonds is 3. The van der Waals surface area contributed by atoms with Crippen molar-refractivity contribution in [3.05, 3.63) is 58.3 Å². The molecule has 1 N–H and O–H groups in total. The van der Waals surface area contributed by atoms with Crippen molar-refractivity contribution in [3.8, 4) is 0 Å². The lowest BCUT2D eigenvalue weighted by Gasteiger charge is -2.31. The van der Waals surface area contributed by atoms with Crippen LogP contribution in [0.3, 0.4) is 0 Å². The summed E-state index contributed by atoms with van der Waals surface area (Å²) in [5.41, 5.74) is 1.56. The molecule has 1 aliphatic rings. The first kappa shape index (κ1) is 16.9. The first-order valence-corrected chi connectivity index (χ1v) is 8.19. The third kappa shape index (κ3) is 3.42. The van der Waals surface area contributed by atoms with E-state index in [-0.39, 0.29) is 11.9 Å². The van der Waals surface area contributed by atoms with E-state index in [0.717, 1.165) is 11.4 Å². The van der Waals surface area contributed by atoms with Gasteiger partial charge in [0.2, 0.25) is 0 Å². The molecule has 0 aromatic heterocycles. The largest absolute Gasteiger partial charge is 0.465 e. The predicted molar refractivity (Wildman–Crippen MR) is 93.0 cm³/mol. The van der Waals surface area contributed by atoms with Crippen molar-refractivity contribution in [2.45, 2.75) is 12.5 Å². The molecule has 0 aliphatic carbocycles. The van der Waals surface area contributed by atoms with Crippen LogP contribution in [0.1, 0.15) is 6.42 Å². The highest BCUT2D eigenvalue weighted by atomic mass is 35.5. The maximum absolute atomic E-state index is 13.3. The molecule has 4 nitrogen and oxygen atoms in total. The van der Waals surface area contributed by atoms with E-state index in [9.17, 15) is 14.3 Å². The van der Waals surface area contributed by atoms with Crippen molar-refractivity contribution in [2.75, 3.05) is 18.0 Å². The minimum Gasteiger partial charge on any atom is -0.465 e. The quantitative estimate of drug-likeness (QED) is 0.826. The molecule has 2 aromatic rings. The molecule has 24 heavy (non-hydrogen) atoms. The molecular weight excluding hydrogens is 354 g/mol. The molecule has 1 aliphatic heterocycles. The van der Waals surface area contributed by atoms with Gasteiger partial charge in [0.05, 0.1) is 16.1 Å². The molecule has 1 amide bonds. The Morgan fingerprint density at radius 2 is 1.79 bits per heavy atom. The molecule has 0 bridgehead atoms. The number of benzene rings is 2. The average Bonchev–Trinajstić information content (AvgIpc) is 3.03. The number of carboxylic acid groups (broad SMARTS) is 1. The zero-order chi connectivity index (χ0) is 17.3. The minimum absolute atomic E-state index is 0.0659. The average molecular weight is 369 g/mol.